The van der Waals surface area contributed by atoms with Crippen LogP contribution in [0.15, 0.2) is 41.1 Å². The Morgan fingerprint density at radius 2 is 2.10 bits per heavy atom. The van der Waals surface area contributed by atoms with Crippen molar-refractivity contribution in [1.82, 2.24) is 14.8 Å². The molecule has 0 aliphatic carbocycles. The molecule has 0 fully saturated rings. The van der Waals surface area contributed by atoms with Crippen molar-refractivity contribution in [1.29, 1.82) is 0 Å². The topological polar surface area (TPSA) is 73.8 Å². The van der Waals surface area contributed by atoms with Crippen LogP contribution >= 0.6 is 15.9 Å². The van der Waals surface area contributed by atoms with Crippen LogP contribution in [-0.4, -0.2) is 19.7 Å². The highest BCUT2D eigenvalue weighted by Crippen LogP contribution is 2.24. The number of rotatable bonds is 2. The van der Waals surface area contributed by atoms with Gasteiger partial charge in [0.15, 0.2) is 11.6 Å². The molecule has 0 aliphatic rings. The molecule has 0 spiro atoms. The fraction of sp³-hybridized carbons (Fsp3) is 0. The smallest absolute Gasteiger partial charge is 0.258 e. The van der Waals surface area contributed by atoms with Gasteiger partial charge in [-0.3, -0.25) is 10.1 Å². The maximum atomic E-state index is 13.9. The molecule has 100 valence electrons. The van der Waals surface area contributed by atoms with Crippen molar-refractivity contribution in [2.24, 2.45) is 0 Å². The van der Waals surface area contributed by atoms with Gasteiger partial charge in [0, 0.05) is 28.2 Å². The number of fused-ring (bicyclic) bond motifs is 1. The Morgan fingerprint density at radius 1 is 1.30 bits per heavy atom. The third kappa shape index (κ3) is 2.03. The largest absolute Gasteiger partial charge is 0.271 e. The molecule has 1 aromatic carbocycles. The van der Waals surface area contributed by atoms with E-state index in [2.05, 4.69) is 26.0 Å². The van der Waals surface area contributed by atoms with E-state index >= 15 is 0 Å². The zero-order chi connectivity index (χ0) is 14.3. The summed E-state index contributed by atoms with van der Waals surface area (Å²) in [5.74, 6) is -0.584. The van der Waals surface area contributed by atoms with Crippen LogP contribution in [0.4, 0.5) is 10.1 Å². The predicted molar refractivity (Wildman–Crippen MR) is 73.2 cm³/mol. The normalized spacial score (nSPS) is 10.9. The van der Waals surface area contributed by atoms with Crippen LogP contribution < -0.4 is 0 Å². The van der Waals surface area contributed by atoms with E-state index in [9.17, 15) is 14.5 Å². The predicted octanol–water partition coefficient (Wildman–Crippen LogP) is 3.23. The minimum absolute atomic E-state index is 0.0105. The summed E-state index contributed by atoms with van der Waals surface area (Å²) in [4.78, 5) is 14.2. The average Bonchev–Trinajstić information content (AvgIpc) is 2.81. The monoisotopic (exact) mass is 336 g/mol. The minimum atomic E-state index is -0.573. The van der Waals surface area contributed by atoms with E-state index in [4.69, 9.17) is 0 Å². The number of benzene rings is 1. The van der Waals surface area contributed by atoms with Crippen LogP contribution in [0.3, 0.4) is 0 Å². The zero-order valence-electron chi connectivity index (χ0n) is 9.83. The molecule has 0 bridgehead atoms. The van der Waals surface area contributed by atoms with Crippen LogP contribution in [0.1, 0.15) is 0 Å². The Kier molecular flexibility index (Phi) is 2.94. The summed E-state index contributed by atoms with van der Waals surface area (Å²) in [6.07, 6.45) is 2.94. The quantitative estimate of drug-likeness (QED) is 0.532. The third-order valence-corrected chi connectivity index (χ3v) is 3.19. The molecular formula is C12H6BrFN4O2. The Hall–Kier alpha value is -2.35. The lowest BCUT2D eigenvalue weighted by molar-refractivity contribution is -0.384. The molecule has 2 aromatic heterocycles. The van der Waals surface area contributed by atoms with Crippen LogP contribution in [0, 0.1) is 15.9 Å². The van der Waals surface area contributed by atoms with E-state index in [0.717, 1.165) is 0 Å². The van der Waals surface area contributed by atoms with Gasteiger partial charge < -0.3 is 0 Å². The van der Waals surface area contributed by atoms with Crippen molar-refractivity contribution in [3.05, 3.63) is 57.1 Å². The van der Waals surface area contributed by atoms with E-state index in [0.29, 0.717) is 15.4 Å². The SMILES string of the molecule is O=[N+]([O-])c1ccc2cnn(-c3ncc(Br)cc3F)c2c1. The highest BCUT2D eigenvalue weighted by atomic mass is 79.9. The highest BCUT2D eigenvalue weighted by molar-refractivity contribution is 9.10. The van der Waals surface area contributed by atoms with Gasteiger partial charge in [0.05, 0.1) is 16.6 Å². The number of pyridine rings is 1. The molecule has 0 unspecified atom stereocenters. The number of hydrogen-bond donors (Lipinski definition) is 0. The van der Waals surface area contributed by atoms with Crippen molar-refractivity contribution < 1.29 is 9.31 Å². The van der Waals surface area contributed by atoms with Gasteiger partial charge in [-0.15, -0.1) is 0 Å². The van der Waals surface area contributed by atoms with E-state index in [1.807, 2.05) is 0 Å². The summed E-state index contributed by atoms with van der Waals surface area (Å²) < 4.78 is 15.7. The van der Waals surface area contributed by atoms with Crippen LogP contribution in [-0.2, 0) is 0 Å². The second-order valence-electron chi connectivity index (χ2n) is 4.02. The first kappa shape index (κ1) is 12.7. The second-order valence-corrected chi connectivity index (χ2v) is 4.93. The van der Waals surface area contributed by atoms with Gasteiger partial charge in [0.1, 0.15) is 0 Å². The molecule has 20 heavy (non-hydrogen) atoms. The molecule has 0 aliphatic heterocycles. The van der Waals surface area contributed by atoms with E-state index in [-0.39, 0.29) is 11.5 Å². The van der Waals surface area contributed by atoms with Crippen molar-refractivity contribution in [2.75, 3.05) is 0 Å². The summed E-state index contributed by atoms with van der Waals surface area (Å²) >= 11 is 3.12. The van der Waals surface area contributed by atoms with Crippen LogP contribution in [0.25, 0.3) is 16.7 Å². The third-order valence-electron chi connectivity index (χ3n) is 2.75. The second kappa shape index (κ2) is 4.64. The Morgan fingerprint density at radius 3 is 2.80 bits per heavy atom. The number of nitrogens with zero attached hydrogens (tertiary/aromatic N) is 4. The summed E-state index contributed by atoms with van der Waals surface area (Å²) in [5, 5.41) is 15.5. The summed E-state index contributed by atoms with van der Waals surface area (Å²) in [6, 6.07) is 5.53. The van der Waals surface area contributed by atoms with Gasteiger partial charge in [-0.2, -0.15) is 5.10 Å². The van der Waals surface area contributed by atoms with Gasteiger partial charge in [-0.1, -0.05) is 0 Å². The Balaban J connectivity index is 2.25. The van der Waals surface area contributed by atoms with E-state index in [1.54, 1.807) is 6.07 Å². The molecule has 0 amide bonds. The number of aromatic nitrogens is 3. The molecule has 0 N–H and O–H groups in total. The fourth-order valence-electron chi connectivity index (χ4n) is 1.85. The maximum absolute atomic E-state index is 13.9. The standard InChI is InChI=1S/C12H6BrFN4O2/c13-8-3-10(14)12(15-6-8)17-11-4-9(18(19)20)2-1-7(11)5-16-17/h1-6H. The molecule has 8 heteroatoms. The number of hydrogen-bond acceptors (Lipinski definition) is 4. The lowest BCUT2D eigenvalue weighted by Gasteiger charge is -2.04. The molecule has 0 radical (unpaired) electrons. The number of halogens is 2. The van der Waals surface area contributed by atoms with E-state index in [1.165, 1.54) is 35.3 Å². The molecule has 2 heterocycles. The Bertz CT molecular complexity index is 833. The molecule has 0 saturated carbocycles. The van der Waals surface area contributed by atoms with Gasteiger partial charge in [0.2, 0.25) is 0 Å². The van der Waals surface area contributed by atoms with Crippen molar-refractivity contribution >= 4 is 32.5 Å². The Labute approximate surface area is 120 Å². The lowest BCUT2D eigenvalue weighted by atomic mass is 10.2. The van der Waals surface area contributed by atoms with Crippen LogP contribution in [0.5, 0.6) is 0 Å². The maximum Gasteiger partial charge on any atom is 0.271 e. The molecule has 0 saturated heterocycles. The minimum Gasteiger partial charge on any atom is -0.258 e. The molecule has 0 atom stereocenters. The fourth-order valence-corrected chi connectivity index (χ4v) is 2.16. The number of non-ortho nitro benzene ring substituents is 1. The molecule has 3 rings (SSSR count). The van der Waals surface area contributed by atoms with Gasteiger partial charge in [-0.25, -0.2) is 14.1 Å². The zero-order valence-corrected chi connectivity index (χ0v) is 11.4. The molecule has 6 nitrogen and oxygen atoms in total. The first-order valence-corrected chi connectivity index (χ1v) is 6.29. The lowest BCUT2D eigenvalue weighted by Crippen LogP contribution is -2.02. The van der Waals surface area contributed by atoms with Crippen LogP contribution in [0.2, 0.25) is 0 Å². The van der Waals surface area contributed by atoms with Gasteiger partial charge >= 0.3 is 0 Å². The highest BCUT2D eigenvalue weighted by Gasteiger charge is 2.14. The first-order chi connectivity index (χ1) is 9.56. The summed E-state index contributed by atoms with van der Waals surface area (Å²) in [5.41, 5.74) is 0.338. The van der Waals surface area contributed by atoms with Crippen molar-refractivity contribution in [2.45, 2.75) is 0 Å². The summed E-state index contributed by atoms with van der Waals surface area (Å²) in [7, 11) is 0. The first-order valence-electron chi connectivity index (χ1n) is 5.50. The van der Waals surface area contributed by atoms with Crippen molar-refractivity contribution in [3.63, 3.8) is 0 Å². The number of nitro groups is 1. The summed E-state index contributed by atoms with van der Waals surface area (Å²) in [6.45, 7) is 0. The average molecular weight is 337 g/mol. The number of nitro benzene ring substituents is 1. The molecule has 3 aromatic rings. The van der Waals surface area contributed by atoms with Gasteiger partial charge in [0.25, 0.3) is 5.69 Å². The van der Waals surface area contributed by atoms with Crippen molar-refractivity contribution in [3.8, 4) is 5.82 Å². The van der Waals surface area contributed by atoms with Gasteiger partial charge in [-0.05, 0) is 28.1 Å². The van der Waals surface area contributed by atoms with E-state index < -0.39 is 10.7 Å². The molecular weight excluding hydrogens is 331 g/mol.